The van der Waals surface area contributed by atoms with Crippen LogP contribution in [0.4, 0.5) is 0 Å². The number of rotatable bonds is 4. The second-order valence-corrected chi connectivity index (χ2v) is 7.77. The van der Waals surface area contributed by atoms with E-state index in [0.29, 0.717) is 10.3 Å². The maximum absolute atomic E-state index is 3.69. The van der Waals surface area contributed by atoms with Gasteiger partial charge in [0.25, 0.3) is 0 Å². The van der Waals surface area contributed by atoms with Crippen molar-refractivity contribution in [1.29, 1.82) is 0 Å². The summed E-state index contributed by atoms with van der Waals surface area (Å²) in [5, 5.41) is 3.69. The molecule has 2 aliphatic rings. The fourth-order valence-electron chi connectivity index (χ4n) is 3.55. The van der Waals surface area contributed by atoms with E-state index in [1.54, 1.807) is 0 Å². The first-order valence-corrected chi connectivity index (χ1v) is 8.86. The molecule has 1 aliphatic heterocycles. The molecule has 2 fully saturated rings. The molecule has 3 heteroatoms. The molecule has 0 aromatic heterocycles. The second kappa shape index (κ2) is 6.15. The Morgan fingerprint density at radius 2 is 1.94 bits per heavy atom. The van der Waals surface area contributed by atoms with Gasteiger partial charge in [0.05, 0.1) is 0 Å². The Balaban J connectivity index is 1.94. The van der Waals surface area contributed by atoms with Crippen molar-refractivity contribution >= 4 is 11.8 Å². The number of hydrogen-bond acceptors (Lipinski definition) is 3. The molecule has 0 aromatic rings. The molecule has 1 N–H and O–H groups in total. The maximum Gasteiger partial charge on any atom is 0.0284 e. The lowest BCUT2D eigenvalue weighted by molar-refractivity contribution is 0.121. The molecule has 1 saturated carbocycles. The molecule has 0 radical (unpaired) electrons. The van der Waals surface area contributed by atoms with Crippen LogP contribution in [0.2, 0.25) is 0 Å². The highest BCUT2D eigenvalue weighted by Crippen LogP contribution is 2.39. The molecule has 0 amide bonds. The first kappa shape index (κ1) is 14.7. The third-order valence-corrected chi connectivity index (χ3v) is 6.45. The van der Waals surface area contributed by atoms with Crippen LogP contribution in [0.5, 0.6) is 0 Å². The summed E-state index contributed by atoms with van der Waals surface area (Å²) in [5.74, 6) is 0. The van der Waals surface area contributed by atoms with Crippen LogP contribution in [0.15, 0.2) is 0 Å². The van der Waals surface area contributed by atoms with Crippen LogP contribution in [0.1, 0.15) is 52.4 Å². The lowest BCUT2D eigenvalue weighted by Gasteiger charge is -2.46. The molecule has 0 spiro atoms. The van der Waals surface area contributed by atoms with Crippen molar-refractivity contribution < 1.29 is 0 Å². The summed E-state index contributed by atoms with van der Waals surface area (Å²) >= 11 is 2.13. The highest BCUT2D eigenvalue weighted by molar-refractivity contribution is 8.00. The quantitative estimate of drug-likeness (QED) is 0.845. The molecule has 2 rings (SSSR count). The SMILES string of the molecule is CCC1(C)CN(CC2(SC)CCCCC2)CCN1. The summed E-state index contributed by atoms with van der Waals surface area (Å²) in [7, 11) is 0. The Labute approximate surface area is 117 Å². The van der Waals surface area contributed by atoms with E-state index in [1.165, 1.54) is 58.2 Å². The van der Waals surface area contributed by atoms with E-state index in [0.717, 1.165) is 6.54 Å². The molecule has 0 aromatic carbocycles. The normalized spacial score (nSPS) is 33.5. The van der Waals surface area contributed by atoms with E-state index in [4.69, 9.17) is 0 Å². The summed E-state index contributed by atoms with van der Waals surface area (Å²) in [6.45, 7) is 9.62. The Bertz CT molecular complexity index is 263. The molecule has 0 bridgehead atoms. The standard InChI is InChI=1S/C15H30N2S/c1-4-14(2)12-17(11-10-16-14)13-15(18-3)8-6-5-7-9-15/h16H,4-13H2,1-3H3. The largest absolute Gasteiger partial charge is 0.309 e. The van der Waals surface area contributed by atoms with E-state index < -0.39 is 0 Å². The molecule has 1 aliphatic carbocycles. The smallest absolute Gasteiger partial charge is 0.0284 e. The minimum atomic E-state index is 0.340. The summed E-state index contributed by atoms with van der Waals surface area (Å²) in [4.78, 5) is 2.72. The van der Waals surface area contributed by atoms with Gasteiger partial charge < -0.3 is 5.32 Å². The number of piperazine rings is 1. The second-order valence-electron chi connectivity index (χ2n) is 6.50. The van der Waals surface area contributed by atoms with Gasteiger partial charge >= 0.3 is 0 Å². The minimum absolute atomic E-state index is 0.340. The Hall–Kier alpha value is 0.270. The van der Waals surface area contributed by atoms with Gasteiger partial charge in [-0.1, -0.05) is 26.2 Å². The summed E-state index contributed by atoms with van der Waals surface area (Å²) in [6, 6.07) is 0. The molecule has 106 valence electrons. The van der Waals surface area contributed by atoms with E-state index in [2.05, 4.69) is 42.1 Å². The lowest BCUT2D eigenvalue weighted by Crippen LogP contribution is -2.60. The minimum Gasteiger partial charge on any atom is -0.309 e. The third kappa shape index (κ3) is 3.43. The van der Waals surface area contributed by atoms with Gasteiger partial charge in [0.1, 0.15) is 0 Å². The van der Waals surface area contributed by atoms with Crippen molar-refractivity contribution in [3.63, 3.8) is 0 Å². The summed E-state index contributed by atoms with van der Waals surface area (Å²) in [5.41, 5.74) is 0.340. The van der Waals surface area contributed by atoms with Gasteiger partial charge in [0.2, 0.25) is 0 Å². The fourth-order valence-corrected chi connectivity index (χ4v) is 4.56. The molecular formula is C15H30N2S. The molecule has 1 heterocycles. The zero-order chi connectivity index (χ0) is 13.1. The number of thioether (sulfide) groups is 1. The van der Waals surface area contributed by atoms with Gasteiger partial charge in [0.15, 0.2) is 0 Å². The Morgan fingerprint density at radius 3 is 2.56 bits per heavy atom. The average Bonchev–Trinajstić information content (AvgIpc) is 2.40. The molecule has 2 nitrogen and oxygen atoms in total. The zero-order valence-corrected chi connectivity index (χ0v) is 13.2. The van der Waals surface area contributed by atoms with E-state index >= 15 is 0 Å². The van der Waals surface area contributed by atoms with Gasteiger partial charge in [0, 0.05) is 36.5 Å². The van der Waals surface area contributed by atoms with Crippen LogP contribution < -0.4 is 5.32 Å². The lowest BCUT2D eigenvalue weighted by atomic mass is 9.87. The van der Waals surface area contributed by atoms with Gasteiger partial charge in [-0.25, -0.2) is 0 Å². The van der Waals surface area contributed by atoms with Crippen LogP contribution >= 0.6 is 11.8 Å². The maximum atomic E-state index is 3.69. The first-order chi connectivity index (χ1) is 8.61. The molecule has 1 atom stereocenters. The van der Waals surface area contributed by atoms with E-state index in [1.807, 2.05) is 0 Å². The number of hydrogen-bond donors (Lipinski definition) is 1. The summed E-state index contributed by atoms with van der Waals surface area (Å²) < 4.78 is 0.560. The van der Waals surface area contributed by atoms with Crippen molar-refractivity contribution in [1.82, 2.24) is 10.2 Å². The van der Waals surface area contributed by atoms with Crippen molar-refractivity contribution in [2.75, 3.05) is 32.4 Å². The predicted octanol–water partition coefficient (Wildman–Crippen LogP) is 3.13. The average molecular weight is 270 g/mol. The number of nitrogens with one attached hydrogen (secondary N) is 1. The highest BCUT2D eigenvalue weighted by atomic mass is 32.2. The first-order valence-electron chi connectivity index (χ1n) is 7.64. The monoisotopic (exact) mass is 270 g/mol. The molecule has 1 unspecified atom stereocenters. The van der Waals surface area contributed by atoms with Crippen LogP contribution in [0.3, 0.4) is 0 Å². The van der Waals surface area contributed by atoms with Gasteiger partial charge in [-0.15, -0.1) is 0 Å². The van der Waals surface area contributed by atoms with E-state index in [-0.39, 0.29) is 0 Å². The van der Waals surface area contributed by atoms with Crippen LogP contribution in [0.25, 0.3) is 0 Å². The highest BCUT2D eigenvalue weighted by Gasteiger charge is 2.36. The van der Waals surface area contributed by atoms with Crippen LogP contribution in [0, 0.1) is 0 Å². The van der Waals surface area contributed by atoms with Gasteiger partial charge in [-0.3, -0.25) is 4.90 Å². The zero-order valence-electron chi connectivity index (χ0n) is 12.4. The Morgan fingerprint density at radius 1 is 1.22 bits per heavy atom. The van der Waals surface area contributed by atoms with Crippen molar-refractivity contribution in [3.8, 4) is 0 Å². The van der Waals surface area contributed by atoms with Crippen LogP contribution in [-0.2, 0) is 0 Å². The fraction of sp³-hybridized carbons (Fsp3) is 1.00. The predicted molar refractivity (Wildman–Crippen MR) is 82.5 cm³/mol. The van der Waals surface area contributed by atoms with Crippen LogP contribution in [-0.4, -0.2) is 47.6 Å². The van der Waals surface area contributed by atoms with E-state index in [9.17, 15) is 0 Å². The van der Waals surface area contributed by atoms with Crippen molar-refractivity contribution in [2.24, 2.45) is 0 Å². The Kier molecular flexibility index (Phi) is 5.01. The summed E-state index contributed by atoms with van der Waals surface area (Å²) in [6.07, 6.45) is 10.8. The van der Waals surface area contributed by atoms with Crippen molar-refractivity contribution in [3.05, 3.63) is 0 Å². The molecule has 1 saturated heterocycles. The molecular weight excluding hydrogens is 240 g/mol. The molecule has 18 heavy (non-hydrogen) atoms. The topological polar surface area (TPSA) is 15.3 Å². The van der Waals surface area contributed by atoms with Gasteiger partial charge in [-0.2, -0.15) is 11.8 Å². The van der Waals surface area contributed by atoms with Gasteiger partial charge in [-0.05, 0) is 32.4 Å². The third-order valence-electron chi connectivity index (χ3n) is 5.04. The van der Waals surface area contributed by atoms with Crippen molar-refractivity contribution in [2.45, 2.75) is 62.7 Å². The number of nitrogens with zero attached hydrogens (tertiary/aromatic N) is 1.